The summed E-state index contributed by atoms with van der Waals surface area (Å²) in [5, 5.41) is 6.11. The molecule has 2 N–H and O–H groups in total. The molecule has 1 aliphatic carbocycles. The van der Waals surface area contributed by atoms with E-state index in [2.05, 4.69) is 22.5 Å². The van der Waals surface area contributed by atoms with E-state index in [1.54, 1.807) is 12.3 Å². The van der Waals surface area contributed by atoms with E-state index < -0.39 is 0 Å². The zero-order valence-electron chi connectivity index (χ0n) is 12.5. The van der Waals surface area contributed by atoms with Crippen LogP contribution >= 0.6 is 0 Å². The lowest BCUT2D eigenvalue weighted by molar-refractivity contribution is 0.0916. The molecule has 110 valence electrons. The SMILES string of the molecule is CCCC1CCC(NC(=O)c2ccc(NC)cn2)CC1. The van der Waals surface area contributed by atoms with Crippen LogP contribution in [-0.4, -0.2) is 24.0 Å². The summed E-state index contributed by atoms with van der Waals surface area (Å²) in [6.07, 6.45) is 8.97. The molecule has 0 spiro atoms. The van der Waals surface area contributed by atoms with Crippen LogP contribution < -0.4 is 10.6 Å². The maximum Gasteiger partial charge on any atom is 0.270 e. The topological polar surface area (TPSA) is 54.0 Å². The Balaban J connectivity index is 1.82. The molecule has 1 aliphatic rings. The molecular weight excluding hydrogens is 250 g/mol. The number of nitrogens with one attached hydrogen (secondary N) is 2. The molecule has 1 fully saturated rings. The van der Waals surface area contributed by atoms with Crippen LogP contribution in [0.5, 0.6) is 0 Å². The van der Waals surface area contributed by atoms with E-state index in [0.717, 1.165) is 24.4 Å². The smallest absolute Gasteiger partial charge is 0.270 e. The monoisotopic (exact) mass is 275 g/mol. The van der Waals surface area contributed by atoms with Crippen molar-refractivity contribution in [1.82, 2.24) is 10.3 Å². The van der Waals surface area contributed by atoms with Gasteiger partial charge < -0.3 is 10.6 Å². The fourth-order valence-electron chi connectivity index (χ4n) is 2.94. The molecule has 0 aromatic carbocycles. The van der Waals surface area contributed by atoms with Crippen molar-refractivity contribution < 1.29 is 4.79 Å². The van der Waals surface area contributed by atoms with Gasteiger partial charge in [-0.1, -0.05) is 19.8 Å². The molecule has 0 unspecified atom stereocenters. The van der Waals surface area contributed by atoms with Crippen molar-refractivity contribution in [3.8, 4) is 0 Å². The number of carbonyl (C=O) groups is 1. The zero-order chi connectivity index (χ0) is 14.4. The molecule has 1 amide bonds. The molecule has 2 rings (SSSR count). The molecule has 4 nitrogen and oxygen atoms in total. The Kier molecular flexibility index (Phi) is 5.39. The molecule has 20 heavy (non-hydrogen) atoms. The Bertz CT molecular complexity index is 422. The fourth-order valence-corrected chi connectivity index (χ4v) is 2.94. The Morgan fingerprint density at radius 1 is 1.30 bits per heavy atom. The van der Waals surface area contributed by atoms with Crippen LogP contribution in [0.15, 0.2) is 18.3 Å². The van der Waals surface area contributed by atoms with E-state index >= 15 is 0 Å². The van der Waals surface area contributed by atoms with Gasteiger partial charge in [0.05, 0.1) is 11.9 Å². The fraction of sp³-hybridized carbons (Fsp3) is 0.625. The van der Waals surface area contributed by atoms with Crippen LogP contribution in [-0.2, 0) is 0 Å². The van der Waals surface area contributed by atoms with E-state index in [-0.39, 0.29) is 5.91 Å². The summed E-state index contributed by atoms with van der Waals surface area (Å²) in [4.78, 5) is 16.3. The van der Waals surface area contributed by atoms with Gasteiger partial charge in [0.25, 0.3) is 5.91 Å². The van der Waals surface area contributed by atoms with Crippen molar-refractivity contribution in [2.45, 2.75) is 51.5 Å². The van der Waals surface area contributed by atoms with Crippen LogP contribution in [0.4, 0.5) is 5.69 Å². The first-order valence-electron chi connectivity index (χ1n) is 7.67. The van der Waals surface area contributed by atoms with Crippen molar-refractivity contribution in [2.24, 2.45) is 5.92 Å². The van der Waals surface area contributed by atoms with Gasteiger partial charge in [-0.3, -0.25) is 4.79 Å². The average Bonchev–Trinajstić information content (AvgIpc) is 2.49. The normalized spacial score (nSPS) is 22.3. The molecule has 1 heterocycles. The lowest BCUT2D eigenvalue weighted by Crippen LogP contribution is -2.38. The summed E-state index contributed by atoms with van der Waals surface area (Å²) in [5.74, 6) is 0.813. The molecule has 0 atom stereocenters. The third kappa shape index (κ3) is 3.95. The van der Waals surface area contributed by atoms with Gasteiger partial charge in [0.1, 0.15) is 5.69 Å². The van der Waals surface area contributed by atoms with Crippen LogP contribution in [0.1, 0.15) is 55.9 Å². The third-order valence-corrected chi connectivity index (χ3v) is 4.16. The molecular formula is C16H25N3O. The molecule has 0 saturated heterocycles. The number of aromatic nitrogens is 1. The van der Waals surface area contributed by atoms with E-state index in [0.29, 0.717) is 11.7 Å². The number of hydrogen-bond acceptors (Lipinski definition) is 3. The number of hydrogen-bond donors (Lipinski definition) is 2. The standard InChI is InChI=1S/C16H25N3O/c1-3-4-12-5-7-13(8-6-12)19-16(20)15-10-9-14(17-2)11-18-15/h9-13,17H,3-8H2,1-2H3,(H,19,20). The van der Waals surface area contributed by atoms with Gasteiger partial charge in [0.2, 0.25) is 0 Å². The molecule has 0 bridgehead atoms. The number of pyridine rings is 1. The predicted molar refractivity (Wildman–Crippen MR) is 81.9 cm³/mol. The number of anilines is 1. The van der Waals surface area contributed by atoms with Crippen LogP contribution in [0, 0.1) is 5.92 Å². The van der Waals surface area contributed by atoms with Crippen molar-refractivity contribution in [3.05, 3.63) is 24.0 Å². The van der Waals surface area contributed by atoms with E-state index in [1.165, 1.54) is 25.7 Å². The Labute approximate surface area is 121 Å². The third-order valence-electron chi connectivity index (χ3n) is 4.16. The highest BCUT2D eigenvalue weighted by molar-refractivity contribution is 5.92. The van der Waals surface area contributed by atoms with Crippen LogP contribution in [0.25, 0.3) is 0 Å². The minimum absolute atomic E-state index is 0.0494. The maximum absolute atomic E-state index is 12.1. The number of nitrogens with zero attached hydrogens (tertiary/aromatic N) is 1. The van der Waals surface area contributed by atoms with E-state index in [1.807, 2.05) is 13.1 Å². The van der Waals surface area contributed by atoms with Gasteiger partial charge in [-0.05, 0) is 43.7 Å². The molecule has 0 aliphatic heterocycles. The van der Waals surface area contributed by atoms with E-state index in [4.69, 9.17) is 0 Å². The highest BCUT2D eigenvalue weighted by atomic mass is 16.1. The summed E-state index contributed by atoms with van der Waals surface area (Å²) in [6.45, 7) is 2.24. The first-order valence-corrected chi connectivity index (χ1v) is 7.67. The highest BCUT2D eigenvalue weighted by Gasteiger charge is 2.22. The quantitative estimate of drug-likeness (QED) is 0.867. The Morgan fingerprint density at radius 2 is 2.05 bits per heavy atom. The number of carbonyl (C=O) groups excluding carboxylic acids is 1. The molecule has 1 aromatic heterocycles. The van der Waals surface area contributed by atoms with Gasteiger partial charge in [0, 0.05) is 13.1 Å². The van der Waals surface area contributed by atoms with Crippen molar-refractivity contribution >= 4 is 11.6 Å². The molecule has 1 saturated carbocycles. The van der Waals surface area contributed by atoms with Crippen molar-refractivity contribution in [1.29, 1.82) is 0 Å². The summed E-state index contributed by atoms with van der Waals surface area (Å²) in [5.41, 5.74) is 1.42. The van der Waals surface area contributed by atoms with Crippen LogP contribution in [0.3, 0.4) is 0 Å². The summed E-state index contributed by atoms with van der Waals surface area (Å²) >= 11 is 0. The second-order valence-electron chi connectivity index (χ2n) is 5.66. The van der Waals surface area contributed by atoms with Crippen molar-refractivity contribution in [3.63, 3.8) is 0 Å². The number of rotatable bonds is 5. The van der Waals surface area contributed by atoms with Gasteiger partial charge in [-0.25, -0.2) is 4.98 Å². The average molecular weight is 275 g/mol. The van der Waals surface area contributed by atoms with Crippen LogP contribution in [0.2, 0.25) is 0 Å². The minimum atomic E-state index is -0.0494. The Hall–Kier alpha value is -1.58. The highest BCUT2D eigenvalue weighted by Crippen LogP contribution is 2.27. The number of amides is 1. The predicted octanol–water partition coefficient (Wildman–Crippen LogP) is 3.21. The molecule has 0 radical (unpaired) electrons. The van der Waals surface area contributed by atoms with Gasteiger partial charge >= 0.3 is 0 Å². The van der Waals surface area contributed by atoms with Gasteiger partial charge in [-0.15, -0.1) is 0 Å². The van der Waals surface area contributed by atoms with Gasteiger partial charge in [0.15, 0.2) is 0 Å². The van der Waals surface area contributed by atoms with Crippen molar-refractivity contribution in [2.75, 3.05) is 12.4 Å². The first-order chi connectivity index (χ1) is 9.72. The van der Waals surface area contributed by atoms with Gasteiger partial charge in [-0.2, -0.15) is 0 Å². The lowest BCUT2D eigenvalue weighted by Gasteiger charge is -2.28. The van der Waals surface area contributed by atoms with E-state index in [9.17, 15) is 4.79 Å². The second-order valence-corrected chi connectivity index (χ2v) is 5.66. The summed E-state index contributed by atoms with van der Waals surface area (Å²) < 4.78 is 0. The Morgan fingerprint density at radius 3 is 2.60 bits per heavy atom. The first kappa shape index (κ1) is 14.8. The summed E-state index contributed by atoms with van der Waals surface area (Å²) in [6, 6.07) is 3.96. The maximum atomic E-state index is 12.1. The lowest BCUT2D eigenvalue weighted by atomic mass is 9.83. The summed E-state index contributed by atoms with van der Waals surface area (Å²) in [7, 11) is 1.84. The largest absolute Gasteiger partial charge is 0.387 e. The molecule has 4 heteroatoms. The minimum Gasteiger partial charge on any atom is -0.387 e. The zero-order valence-corrected chi connectivity index (χ0v) is 12.5. The molecule has 1 aromatic rings. The second kappa shape index (κ2) is 7.27.